The molecule has 2 saturated heterocycles. The molecule has 21 heteroatoms. The van der Waals surface area contributed by atoms with Crippen LogP contribution in [-0.4, -0.2) is 81.9 Å². The average Bonchev–Trinajstić information content (AvgIpc) is 3.82. The Morgan fingerprint density at radius 2 is 1.98 bits per heavy atom. The molecule has 6 heterocycles. The lowest BCUT2D eigenvalue weighted by Crippen LogP contribution is -2.31. The predicted molar refractivity (Wildman–Crippen MR) is 201 cm³/mol. The van der Waals surface area contributed by atoms with E-state index >= 15 is 17.6 Å². The Morgan fingerprint density at radius 3 is 2.68 bits per heavy atom. The number of hydrogen-bond donors (Lipinski definition) is 4. The summed E-state index contributed by atoms with van der Waals surface area (Å²) in [6.07, 6.45) is -0.955. The lowest BCUT2D eigenvalue weighted by Gasteiger charge is -2.31. The third-order valence-electron chi connectivity index (χ3n) is 10.2. The van der Waals surface area contributed by atoms with Gasteiger partial charge >= 0.3 is 20.8 Å². The fourth-order valence-electron chi connectivity index (χ4n) is 7.72. The van der Waals surface area contributed by atoms with Crippen molar-refractivity contribution in [2.75, 3.05) is 56.0 Å². The molecule has 2 fully saturated rings. The van der Waals surface area contributed by atoms with Crippen molar-refractivity contribution >= 4 is 57.6 Å². The zero-order valence-electron chi connectivity index (χ0n) is 30.3. The molecule has 3 atom stereocenters. The average molecular weight is 837 g/mol. The van der Waals surface area contributed by atoms with Crippen LogP contribution in [0, 0.1) is 23.0 Å². The SMILES string of the molecule is COc1nc2c3c(c(C(F)(F)F)c(-c4ccc(F)c5sc(N)c(C#N)c45)c(F)c3n1)OCCN2C(C)c1cccnc1NCOP(O)O.FC1CC2CCCN2C1. The van der Waals surface area contributed by atoms with Gasteiger partial charge in [-0.05, 0) is 50.4 Å². The fraction of sp³-hybridized carbons (Fsp3) is 0.389. The molecule has 0 bridgehead atoms. The number of fused-ring (bicyclic) bond motifs is 2. The molecule has 0 radical (unpaired) electrons. The maximum atomic E-state index is 16.9. The van der Waals surface area contributed by atoms with Crippen LogP contribution in [0.25, 0.3) is 32.1 Å². The van der Waals surface area contributed by atoms with Gasteiger partial charge in [0.05, 0.1) is 35.3 Å². The summed E-state index contributed by atoms with van der Waals surface area (Å²) < 4.78 is 106. The van der Waals surface area contributed by atoms with Gasteiger partial charge in [0, 0.05) is 35.3 Å². The summed E-state index contributed by atoms with van der Waals surface area (Å²) in [5.74, 6) is -2.94. The second-order valence-corrected chi connectivity index (χ2v) is 15.2. The summed E-state index contributed by atoms with van der Waals surface area (Å²) in [6, 6.07) is 6.45. The van der Waals surface area contributed by atoms with Gasteiger partial charge in [0.1, 0.15) is 64.9 Å². The Labute approximate surface area is 326 Å². The molecule has 3 unspecified atom stereocenters. The molecule has 2 aromatic carbocycles. The van der Waals surface area contributed by atoms with E-state index in [1.807, 2.05) is 0 Å². The number of nitrogen functional groups attached to an aromatic ring is 1. The van der Waals surface area contributed by atoms with E-state index in [1.165, 1.54) is 26.1 Å². The van der Waals surface area contributed by atoms with Crippen molar-refractivity contribution < 1.29 is 50.1 Å². The van der Waals surface area contributed by atoms with Crippen LogP contribution in [0.5, 0.6) is 11.8 Å². The van der Waals surface area contributed by atoms with E-state index in [4.69, 9.17) is 29.5 Å². The molecule has 5 aromatic rings. The van der Waals surface area contributed by atoms with Crippen molar-refractivity contribution in [1.82, 2.24) is 19.9 Å². The molecule has 3 aliphatic rings. The van der Waals surface area contributed by atoms with Crippen LogP contribution in [0.2, 0.25) is 0 Å². The fourth-order valence-corrected chi connectivity index (χ4v) is 8.85. The maximum absolute atomic E-state index is 16.9. The minimum absolute atomic E-state index is 0.0524. The van der Waals surface area contributed by atoms with Gasteiger partial charge in [0.25, 0.3) is 0 Å². The standard InChI is InChI=1S/C29H23F5N7O5PS.C7H12FN/c1-12(13-4-3-7-37-26(13)38-11-46-47(42)43)41-8-9-45-23-19-22(39-28(44-2)40-27(19)41)21(31)18(20(23)29(32,33)34)14-5-6-16(30)24-17(14)15(10-35)25(36)48-24;8-6-4-7-2-1-3-9(7)5-6/h3-7,12,42-43H,8-9,11,36H2,1-2H3,(H,37,38);6-7H,1-5H2. The van der Waals surface area contributed by atoms with Crippen LogP contribution in [0.1, 0.15) is 48.9 Å². The molecule has 0 spiro atoms. The number of pyridine rings is 1. The van der Waals surface area contributed by atoms with Crippen LogP contribution in [-0.2, 0) is 10.7 Å². The molecule has 0 amide bonds. The number of hydrogen-bond acceptors (Lipinski definition) is 14. The Kier molecular flexibility index (Phi) is 11.5. The van der Waals surface area contributed by atoms with Gasteiger partial charge in [-0.1, -0.05) is 12.1 Å². The Balaban J connectivity index is 0.000000480. The summed E-state index contributed by atoms with van der Waals surface area (Å²) >= 11 is 0.654. The van der Waals surface area contributed by atoms with Crippen LogP contribution < -0.4 is 25.4 Å². The topological polar surface area (TPSA) is 175 Å². The molecular weight excluding hydrogens is 801 g/mol. The first-order valence-corrected chi connectivity index (χ1v) is 19.6. The lowest BCUT2D eigenvalue weighted by atomic mass is 9.91. The number of anilines is 3. The first-order chi connectivity index (χ1) is 27.2. The van der Waals surface area contributed by atoms with E-state index in [0.29, 0.717) is 29.5 Å². The molecule has 13 nitrogen and oxygen atoms in total. The molecule has 3 aliphatic heterocycles. The molecule has 0 aliphatic carbocycles. The van der Waals surface area contributed by atoms with Gasteiger partial charge in [-0.3, -0.25) is 9.42 Å². The van der Waals surface area contributed by atoms with Gasteiger partial charge in [-0.2, -0.15) is 28.4 Å². The maximum Gasteiger partial charge on any atom is 0.420 e. The van der Waals surface area contributed by atoms with Gasteiger partial charge in [-0.25, -0.2) is 18.2 Å². The highest BCUT2D eigenvalue weighted by Gasteiger charge is 2.44. The largest absolute Gasteiger partial charge is 0.490 e. The van der Waals surface area contributed by atoms with Crippen molar-refractivity contribution in [2.24, 2.45) is 0 Å². The molecule has 57 heavy (non-hydrogen) atoms. The number of thiophene rings is 1. The van der Waals surface area contributed by atoms with E-state index in [2.05, 4.69) is 25.2 Å². The summed E-state index contributed by atoms with van der Waals surface area (Å²) in [7, 11) is -1.46. The smallest absolute Gasteiger partial charge is 0.420 e. The first-order valence-electron chi connectivity index (χ1n) is 17.6. The second kappa shape index (κ2) is 16.2. The first kappa shape index (κ1) is 40.4. The number of nitriles is 1. The summed E-state index contributed by atoms with van der Waals surface area (Å²) in [5.41, 5.74) is 2.59. The number of nitrogens with one attached hydrogen (secondary N) is 1. The monoisotopic (exact) mass is 836 g/mol. The quantitative estimate of drug-likeness (QED) is 0.0692. The summed E-state index contributed by atoms with van der Waals surface area (Å²) in [6.45, 7) is 2.86. The minimum Gasteiger partial charge on any atom is -0.490 e. The zero-order valence-corrected chi connectivity index (χ0v) is 32.0. The number of alkyl halides is 4. The summed E-state index contributed by atoms with van der Waals surface area (Å²) in [5, 5.41) is 11.8. The van der Waals surface area contributed by atoms with Gasteiger partial charge in [0.2, 0.25) is 0 Å². The van der Waals surface area contributed by atoms with Crippen molar-refractivity contribution in [3.63, 3.8) is 0 Å². The number of ether oxygens (including phenoxy) is 2. The van der Waals surface area contributed by atoms with E-state index in [-0.39, 0.29) is 58.2 Å². The third kappa shape index (κ3) is 7.67. The van der Waals surface area contributed by atoms with Crippen molar-refractivity contribution in [3.8, 4) is 29.0 Å². The molecule has 3 aromatic heterocycles. The van der Waals surface area contributed by atoms with Crippen molar-refractivity contribution in [2.45, 2.75) is 50.6 Å². The molecular formula is C36H35F6N8O5PS. The lowest BCUT2D eigenvalue weighted by molar-refractivity contribution is -0.138. The highest BCUT2D eigenvalue weighted by atomic mass is 32.1. The van der Waals surface area contributed by atoms with Gasteiger partial charge in [-0.15, -0.1) is 11.3 Å². The van der Waals surface area contributed by atoms with E-state index < -0.39 is 72.0 Å². The Bertz CT molecular complexity index is 2350. The van der Waals surface area contributed by atoms with Gasteiger partial charge in [0.15, 0.2) is 5.82 Å². The normalized spacial score (nSPS) is 18.5. The summed E-state index contributed by atoms with van der Waals surface area (Å²) in [4.78, 5) is 34.8. The molecule has 8 rings (SSSR count). The number of aromatic nitrogens is 3. The highest BCUT2D eigenvalue weighted by Crippen LogP contribution is 2.54. The van der Waals surface area contributed by atoms with Crippen LogP contribution >= 0.6 is 19.9 Å². The number of halogens is 6. The zero-order chi connectivity index (χ0) is 40.8. The second-order valence-electron chi connectivity index (χ2n) is 13.4. The van der Waals surface area contributed by atoms with E-state index in [9.17, 15) is 14.0 Å². The van der Waals surface area contributed by atoms with Crippen molar-refractivity contribution in [3.05, 3.63) is 58.8 Å². The molecule has 5 N–H and O–H groups in total. The van der Waals surface area contributed by atoms with E-state index in [1.54, 1.807) is 30.0 Å². The Hall–Kier alpha value is -4.77. The number of nitrogens with zero attached hydrogens (tertiary/aromatic N) is 6. The van der Waals surface area contributed by atoms with Crippen LogP contribution in [0.3, 0.4) is 0 Å². The number of benzene rings is 2. The molecule has 302 valence electrons. The van der Waals surface area contributed by atoms with Crippen LogP contribution in [0.4, 0.5) is 43.0 Å². The van der Waals surface area contributed by atoms with Crippen molar-refractivity contribution in [1.29, 1.82) is 5.26 Å². The molecule has 0 saturated carbocycles. The number of nitrogens with two attached hydrogens (primary N) is 1. The number of methoxy groups -OCH3 is 1. The van der Waals surface area contributed by atoms with Gasteiger partial charge < -0.3 is 35.2 Å². The Morgan fingerprint density at radius 1 is 1.19 bits per heavy atom. The number of rotatable bonds is 8. The highest BCUT2D eigenvalue weighted by molar-refractivity contribution is 7.39. The van der Waals surface area contributed by atoms with E-state index in [0.717, 1.165) is 25.1 Å². The minimum atomic E-state index is -5.23. The predicted octanol–water partition coefficient (Wildman–Crippen LogP) is 7.42. The third-order valence-corrected chi connectivity index (χ3v) is 11.5. The van der Waals surface area contributed by atoms with Crippen LogP contribution in [0.15, 0.2) is 30.5 Å².